The summed E-state index contributed by atoms with van der Waals surface area (Å²) in [5.41, 5.74) is 1.91. The molecule has 0 bridgehead atoms. The first kappa shape index (κ1) is 20.4. The van der Waals surface area contributed by atoms with Crippen LogP contribution >= 0.6 is 22.9 Å². The normalized spacial score (nSPS) is 20.1. The lowest BCUT2D eigenvalue weighted by Gasteiger charge is -2.15. The van der Waals surface area contributed by atoms with Crippen LogP contribution in [-0.2, 0) is 22.7 Å². The lowest BCUT2D eigenvalue weighted by molar-refractivity contribution is 0.0941. The van der Waals surface area contributed by atoms with Crippen molar-refractivity contribution in [1.29, 1.82) is 0 Å². The van der Waals surface area contributed by atoms with Gasteiger partial charge in [0.1, 0.15) is 5.00 Å². The molecule has 4 rings (SSSR count). The van der Waals surface area contributed by atoms with Gasteiger partial charge in [0.05, 0.1) is 17.1 Å². The van der Waals surface area contributed by atoms with Gasteiger partial charge in [0, 0.05) is 21.5 Å². The van der Waals surface area contributed by atoms with E-state index in [1.54, 1.807) is 24.3 Å². The maximum Gasteiger partial charge on any atom is 0.256 e. The van der Waals surface area contributed by atoms with Crippen LogP contribution in [0.5, 0.6) is 0 Å². The van der Waals surface area contributed by atoms with Gasteiger partial charge in [-0.3, -0.25) is 9.59 Å². The molecule has 2 heterocycles. The number of rotatable bonds is 4. The molecule has 0 saturated carbocycles. The van der Waals surface area contributed by atoms with E-state index in [0.717, 1.165) is 36.1 Å². The molecule has 1 saturated heterocycles. The Morgan fingerprint density at radius 2 is 1.79 bits per heavy atom. The summed E-state index contributed by atoms with van der Waals surface area (Å²) in [5, 5.41) is 6.82. The van der Waals surface area contributed by atoms with E-state index in [0.29, 0.717) is 27.6 Å². The maximum absolute atomic E-state index is 13.1. The monoisotopic (exact) mass is 452 g/mol. The molecule has 29 heavy (non-hydrogen) atoms. The van der Waals surface area contributed by atoms with E-state index in [4.69, 9.17) is 11.6 Å². The Kier molecular flexibility index (Phi) is 5.68. The van der Waals surface area contributed by atoms with E-state index in [2.05, 4.69) is 10.6 Å². The fourth-order valence-electron chi connectivity index (χ4n) is 3.84. The number of halogens is 1. The van der Waals surface area contributed by atoms with E-state index in [-0.39, 0.29) is 29.4 Å². The van der Waals surface area contributed by atoms with Crippen molar-refractivity contribution in [1.82, 2.24) is 5.32 Å². The van der Waals surface area contributed by atoms with E-state index < -0.39 is 9.84 Å². The van der Waals surface area contributed by atoms with Gasteiger partial charge in [0.2, 0.25) is 0 Å². The first-order chi connectivity index (χ1) is 13.8. The second-order valence-electron chi connectivity index (χ2n) is 7.45. The van der Waals surface area contributed by atoms with Gasteiger partial charge in [-0.25, -0.2) is 8.42 Å². The Hall–Kier alpha value is -1.90. The highest BCUT2D eigenvalue weighted by molar-refractivity contribution is 7.91. The molecule has 2 amide bonds. The first-order valence-electron chi connectivity index (χ1n) is 9.55. The minimum atomic E-state index is -3.09. The summed E-state index contributed by atoms with van der Waals surface area (Å²) >= 11 is 7.32. The third kappa shape index (κ3) is 4.49. The number of benzene rings is 1. The number of amides is 2. The maximum atomic E-state index is 13.1. The van der Waals surface area contributed by atoms with Crippen molar-refractivity contribution in [2.24, 2.45) is 0 Å². The van der Waals surface area contributed by atoms with Gasteiger partial charge < -0.3 is 10.6 Å². The van der Waals surface area contributed by atoms with Crippen molar-refractivity contribution >= 4 is 49.6 Å². The van der Waals surface area contributed by atoms with Crippen molar-refractivity contribution in [2.45, 2.75) is 38.1 Å². The summed E-state index contributed by atoms with van der Waals surface area (Å²) in [6.07, 6.45) is 4.14. The third-order valence-corrected chi connectivity index (χ3v) is 8.53. The number of carbonyl (C=O) groups excluding carboxylic acids is 2. The van der Waals surface area contributed by atoms with Crippen LogP contribution in [0, 0.1) is 0 Å². The molecule has 9 heteroatoms. The van der Waals surface area contributed by atoms with Gasteiger partial charge in [-0.1, -0.05) is 11.6 Å². The van der Waals surface area contributed by atoms with E-state index >= 15 is 0 Å². The zero-order valence-electron chi connectivity index (χ0n) is 15.7. The van der Waals surface area contributed by atoms with Crippen molar-refractivity contribution in [3.8, 4) is 0 Å². The van der Waals surface area contributed by atoms with Gasteiger partial charge in [-0.2, -0.15) is 0 Å². The molecule has 2 N–H and O–H groups in total. The summed E-state index contributed by atoms with van der Waals surface area (Å²) in [7, 11) is -3.09. The van der Waals surface area contributed by atoms with Crippen LogP contribution < -0.4 is 10.6 Å². The highest BCUT2D eigenvalue weighted by Gasteiger charge is 2.32. The highest BCUT2D eigenvalue weighted by Crippen LogP contribution is 2.38. The second-order valence-corrected chi connectivity index (χ2v) is 11.2. The van der Waals surface area contributed by atoms with Crippen LogP contribution in [0.2, 0.25) is 5.02 Å². The minimum Gasteiger partial charge on any atom is -0.348 e. The summed E-state index contributed by atoms with van der Waals surface area (Å²) in [4.78, 5) is 26.9. The lowest BCUT2D eigenvalue weighted by Crippen LogP contribution is -2.36. The molecular weight excluding hydrogens is 432 g/mol. The van der Waals surface area contributed by atoms with Crippen molar-refractivity contribution < 1.29 is 18.0 Å². The number of thiophene rings is 1. The van der Waals surface area contributed by atoms with E-state index in [9.17, 15) is 18.0 Å². The lowest BCUT2D eigenvalue weighted by atomic mass is 9.95. The van der Waals surface area contributed by atoms with Gasteiger partial charge in [0.25, 0.3) is 11.8 Å². The summed E-state index contributed by atoms with van der Waals surface area (Å²) < 4.78 is 23.4. The quantitative estimate of drug-likeness (QED) is 0.743. The molecule has 1 aliphatic heterocycles. The topological polar surface area (TPSA) is 92.3 Å². The smallest absolute Gasteiger partial charge is 0.256 e. The SMILES string of the molecule is O=C(Nc1sc2c(c1C(=O)NC1CCS(=O)(=O)C1)CCCC2)c1ccc(Cl)cc1. The molecule has 154 valence electrons. The predicted octanol–water partition coefficient (Wildman–Crippen LogP) is 3.45. The number of anilines is 1. The number of fused-ring (bicyclic) bond motifs is 1. The number of sulfone groups is 1. The second kappa shape index (κ2) is 8.08. The molecule has 0 radical (unpaired) electrons. The standard InChI is InChI=1S/C20H21ClN2O4S2/c21-13-7-5-12(6-8-13)18(24)23-20-17(15-3-1-2-4-16(15)28-20)19(25)22-14-9-10-29(26,27)11-14/h5-8,14H,1-4,9-11H2,(H,22,25)(H,23,24). The minimum absolute atomic E-state index is 0.0302. The molecule has 1 aromatic carbocycles. The molecule has 1 atom stereocenters. The molecule has 1 fully saturated rings. The Balaban J connectivity index is 1.60. The van der Waals surface area contributed by atoms with Crippen LogP contribution in [0.15, 0.2) is 24.3 Å². The molecular formula is C20H21ClN2O4S2. The fraction of sp³-hybridized carbons (Fsp3) is 0.400. The molecule has 2 aromatic rings. The van der Waals surface area contributed by atoms with Gasteiger partial charge in [-0.05, 0) is 61.9 Å². The van der Waals surface area contributed by atoms with Crippen molar-refractivity contribution in [2.75, 3.05) is 16.8 Å². The zero-order valence-corrected chi connectivity index (χ0v) is 18.1. The molecule has 1 aliphatic carbocycles. The van der Waals surface area contributed by atoms with Gasteiger partial charge in [-0.15, -0.1) is 11.3 Å². The average molecular weight is 453 g/mol. The average Bonchev–Trinajstić information content (AvgIpc) is 3.21. The molecule has 1 unspecified atom stereocenters. The zero-order chi connectivity index (χ0) is 20.6. The van der Waals surface area contributed by atoms with Gasteiger partial charge in [0.15, 0.2) is 9.84 Å². The fourth-order valence-corrected chi connectivity index (χ4v) is 6.92. The number of carbonyl (C=O) groups is 2. The van der Waals surface area contributed by atoms with Crippen LogP contribution in [0.25, 0.3) is 0 Å². The molecule has 0 spiro atoms. The number of hydrogen-bond donors (Lipinski definition) is 2. The van der Waals surface area contributed by atoms with E-state index in [1.807, 2.05) is 0 Å². The largest absolute Gasteiger partial charge is 0.348 e. The summed E-state index contributed by atoms with van der Waals surface area (Å²) in [6, 6.07) is 6.17. The highest BCUT2D eigenvalue weighted by atomic mass is 35.5. The third-order valence-electron chi connectivity index (χ3n) is 5.30. The Bertz CT molecular complexity index is 1060. The molecule has 6 nitrogen and oxygen atoms in total. The number of nitrogens with one attached hydrogen (secondary N) is 2. The first-order valence-corrected chi connectivity index (χ1v) is 12.6. The van der Waals surface area contributed by atoms with Crippen LogP contribution in [0.3, 0.4) is 0 Å². The van der Waals surface area contributed by atoms with Crippen molar-refractivity contribution in [3.63, 3.8) is 0 Å². The van der Waals surface area contributed by atoms with Crippen LogP contribution in [-0.4, -0.2) is 37.8 Å². The Morgan fingerprint density at radius 1 is 1.07 bits per heavy atom. The predicted molar refractivity (Wildman–Crippen MR) is 115 cm³/mol. The summed E-state index contributed by atoms with van der Waals surface area (Å²) in [6.45, 7) is 0. The van der Waals surface area contributed by atoms with E-state index in [1.165, 1.54) is 11.3 Å². The van der Waals surface area contributed by atoms with Crippen LogP contribution in [0.4, 0.5) is 5.00 Å². The number of hydrogen-bond acceptors (Lipinski definition) is 5. The Morgan fingerprint density at radius 3 is 2.48 bits per heavy atom. The molecule has 1 aromatic heterocycles. The summed E-state index contributed by atoms with van der Waals surface area (Å²) in [5.74, 6) is -0.548. The van der Waals surface area contributed by atoms with Gasteiger partial charge >= 0.3 is 0 Å². The molecule has 2 aliphatic rings. The number of aryl methyl sites for hydroxylation is 1. The van der Waals surface area contributed by atoms with Crippen molar-refractivity contribution in [3.05, 3.63) is 50.9 Å². The Labute approximate surface area is 178 Å². The van der Waals surface area contributed by atoms with Crippen LogP contribution in [0.1, 0.15) is 50.4 Å².